The quantitative estimate of drug-likeness (QED) is 0.405. The van der Waals surface area contributed by atoms with Gasteiger partial charge in [-0.2, -0.15) is 0 Å². The Bertz CT molecular complexity index is 805. The van der Waals surface area contributed by atoms with Crippen LogP contribution >= 0.6 is 0 Å². The molecule has 12 heteroatoms. The van der Waals surface area contributed by atoms with Gasteiger partial charge >= 0.3 is 0 Å². The molecule has 0 spiro atoms. The fraction of sp³-hybridized carbons (Fsp3) is 0.364. The van der Waals surface area contributed by atoms with Gasteiger partial charge in [0, 0.05) is 11.7 Å². The van der Waals surface area contributed by atoms with Crippen molar-refractivity contribution in [1.82, 2.24) is 10.6 Å². The van der Waals surface area contributed by atoms with Crippen LogP contribution in [0.15, 0.2) is 29.2 Å². The molecular weight excluding hydrogens is 348 g/mol. The van der Waals surface area contributed by atoms with E-state index >= 15 is 0 Å². The number of aliphatic hydroxyl groups is 1. The SMILES string of the molecule is CC1NC(O)NC(=O)C1S(=O)(=O)Nc1ccc(S(N)(=O)=O)cc1. The number of rotatable bonds is 4. The highest BCUT2D eigenvalue weighted by atomic mass is 32.2. The van der Waals surface area contributed by atoms with Crippen LogP contribution in [0, 0.1) is 0 Å². The molecule has 1 heterocycles. The zero-order valence-corrected chi connectivity index (χ0v) is 13.6. The highest BCUT2D eigenvalue weighted by Crippen LogP contribution is 2.18. The second-order valence-electron chi connectivity index (χ2n) is 5.00. The summed E-state index contributed by atoms with van der Waals surface area (Å²) in [5.74, 6) is -0.850. The first-order valence-electron chi connectivity index (χ1n) is 6.40. The summed E-state index contributed by atoms with van der Waals surface area (Å²) in [5, 5.41) is 17.3. The Morgan fingerprint density at radius 2 is 1.74 bits per heavy atom. The van der Waals surface area contributed by atoms with Crippen molar-refractivity contribution in [2.45, 2.75) is 29.5 Å². The molecule has 1 saturated heterocycles. The number of aliphatic hydroxyl groups excluding tert-OH is 1. The number of hydrogen-bond donors (Lipinski definition) is 5. The minimum atomic E-state index is -4.12. The Morgan fingerprint density at radius 1 is 1.17 bits per heavy atom. The molecule has 2 rings (SSSR count). The lowest BCUT2D eigenvalue weighted by Gasteiger charge is -2.32. The Labute approximate surface area is 133 Å². The third-order valence-corrected chi connectivity index (χ3v) is 5.93. The van der Waals surface area contributed by atoms with Gasteiger partial charge in [0.05, 0.1) is 4.90 Å². The molecule has 0 saturated carbocycles. The third kappa shape index (κ3) is 3.97. The summed E-state index contributed by atoms with van der Waals surface area (Å²) >= 11 is 0. The minimum absolute atomic E-state index is 0.0727. The van der Waals surface area contributed by atoms with E-state index in [1.165, 1.54) is 19.1 Å². The van der Waals surface area contributed by atoms with Gasteiger partial charge in [0.2, 0.25) is 26.0 Å². The molecule has 128 valence electrons. The number of nitrogens with two attached hydrogens (primary N) is 1. The molecule has 1 aliphatic rings. The van der Waals surface area contributed by atoms with Gasteiger partial charge in [0.25, 0.3) is 0 Å². The second kappa shape index (κ2) is 6.05. The van der Waals surface area contributed by atoms with E-state index in [0.717, 1.165) is 12.1 Å². The minimum Gasteiger partial charge on any atom is -0.361 e. The maximum absolute atomic E-state index is 12.3. The standard InChI is InChI=1S/C11H16N4O6S2/c1-6-9(10(16)14-11(17)13-6)23(20,21)15-7-2-4-8(5-3-7)22(12,18)19/h2-6,9,11,13,15,17H,1H3,(H,14,16)(H2,12,18,19). The number of hydrogen-bond acceptors (Lipinski definition) is 7. The van der Waals surface area contributed by atoms with Gasteiger partial charge in [-0.05, 0) is 31.2 Å². The lowest BCUT2D eigenvalue weighted by molar-refractivity contribution is -0.127. The molecular formula is C11H16N4O6S2. The van der Waals surface area contributed by atoms with Gasteiger partial charge in [-0.1, -0.05) is 0 Å². The van der Waals surface area contributed by atoms with Crippen LogP contribution in [0.3, 0.4) is 0 Å². The Hall–Kier alpha value is -1.73. The molecule has 0 aromatic heterocycles. The highest BCUT2D eigenvalue weighted by molar-refractivity contribution is 7.94. The summed E-state index contributed by atoms with van der Waals surface area (Å²) in [6.45, 7) is 1.44. The molecule has 3 unspecified atom stereocenters. The van der Waals surface area contributed by atoms with Crippen LogP contribution in [0.1, 0.15) is 6.92 Å². The molecule has 1 aliphatic heterocycles. The molecule has 10 nitrogen and oxygen atoms in total. The van der Waals surface area contributed by atoms with Gasteiger partial charge in [-0.3, -0.25) is 14.8 Å². The monoisotopic (exact) mass is 364 g/mol. The van der Waals surface area contributed by atoms with Crippen LogP contribution in [-0.2, 0) is 24.8 Å². The van der Waals surface area contributed by atoms with Gasteiger partial charge in [0.1, 0.15) is 0 Å². The van der Waals surface area contributed by atoms with Gasteiger partial charge in [-0.15, -0.1) is 0 Å². The van der Waals surface area contributed by atoms with Crippen molar-refractivity contribution in [2.24, 2.45) is 5.14 Å². The van der Waals surface area contributed by atoms with Gasteiger partial charge in [-0.25, -0.2) is 22.0 Å². The number of carbonyl (C=O) groups excluding carboxylic acids is 1. The first kappa shape index (κ1) is 17.6. The summed E-state index contributed by atoms with van der Waals surface area (Å²) in [6, 6.07) is 3.87. The van der Waals surface area contributed by atoms with Crippen molar-refractivity contribution in [1.29, 1.82) is 0 Å². The van der Waals surface area contributed by atoms with Crippen molar-refractivity contribution < 1.29 is 26.7 Å². The smallest absolute Gasteiger partial charge is 0.246 e. The summed E-state index contributed by atoms with van der Waals surface area (Å²) in [4.78, 5) is 11.6. The van der Waals surface area contributed by atoms with E-state index in [0.29, 0.717) is 0 Å². The molecule has 6 N–H and O–H groups in total. The average Bonchev–Trinajstić information content (AvgIpc) is 2.35. The maximum atomic E-state index is 12.3. The fourth-order valence-corrected chi connectivity index (χ4v) is 4.24. The lowest BCUT2D eigenvalue weighted by Crippen LogP contribution is -2.65. The summed E-state index contributed by atoms with van der Waals surface area (Å²) in [7, 11) is -8.01. The van der Waals surface area contributed by atoms with E-state index < -0.39 is 43.6 Å². The highest BCUT2D eigenvalue weighted by Gasteiger charge is 2.42. The number of nitrogens with one attached hydrogen (secondary N) is 3. The Morgan fingerprint density at radius 3 is 2.22 bits per heavy atom. The summed E-state index contributed by atoms with van der Waals surface area (Å²) in [6.07, 6.45) is -1.32. The molecule has 0 radical (unpaired) electrons. The fourth-order valence-electron chi connectivity index (χ4n) is 2.17. The van der Waals surface area contributed by atoms with Gasteiger partial charge < -0.3 is 10.4 Å². The maximum Gasteiger partial charge on any atom is 0.246 e. The Kier molecular flexibility index (Phi) is 4.64. The van der Waals surface area contributed by atoms with Crippen LogP contribution in [0.2, 0.25) is 0 Å². The van der Waals surface area contributed by atoms with E-state index in [4.69, 9.17) is 5.14 Å². The van der Waals surface area contributed by atoms with E-state index in [1.807, 2.05) is 0 Å². The van der Waals surface area contributed by atoms with Gasteiger partial charge in [0.15, 0.2) is 11.6 Å². The first-order chi connectivity index (χ1) is 10.5. The van der Waals surface area contributed by atoms with Crippen molar-refractivity contribution >= 4 is 31.6 Å². The first-order valence-corrected chi connectivity index (χ1v) is 9.49. The molecule has 23 heavy (non-hydrogen) atoms. The van der Waals surface area contributed by atoms with E-state index in [9.17, 15) is 26.7 Å². The number of anilines is 1. The number of primary sulfonamides is 1. The molecule has 1 aromatic carbocycles. The second-order valence-corrected chi connectivity index (χ2v) is 8.37. The molecule has 0 bridgehead atoms. The van der Waals surface area contributed by atoms with Crippen molar-refractivity contribution in [3.8, 4) is 0 Å². The lowest BCUT2D eigenvalue weighted by atomic mass is 10.2. The average molecular weight is 364 g/mol. The molecule has 3 atom stereocenters. The van der Waals surface area contributed by atoms with E-state index in [-0.39, 0.29) is 10.6 Å². The van der Waals surface area contributed by atoms with E-state index in [1.54, 1.807) is 0 Å². The van der Waals surface area contributed by atoms with Crippen LogP contribution < -0.4 is 20.5 Å². The van der Waals surface area contributed by atoms with Crippen LogP contribution in [-0.4, -0.2) is 45.5 Å². The normalized spacial score (nSPS) is 25.7. The number of benzene rings is 1. The number of sulfonamides is 2. The molecule has 1 fully saturated rings. The summed E-state index contributed by atoms with van der Waals surface area (Å²) < 4.78 is 49.1. The van der Waals surface area contributed by atoms with E-state index in [2.05, 4.69) is 15.4 Å². The number of carbonyl (C=O) groups is 1. The van der Waals surface area contributed by atoms with Crippen molar-refractivity contribution in [2.75, 3.05) is 4.72 Å². The largest absolute Gasteiger partial charge is 0.361 e. The topological polar surface area (TPSA) is 168 Å². The predicted molar refractivity (Wildman–Crippen MR) is 80.9 cm³/mol. The number of amides is 1. The summed E-state index contributed by atoms with van der Waals surface area (Å²) in [5.41, 5.74) is 0.0727. The van der Waals surface area contributed by atoms with Crippen LogP contribution in [0.25, 0.3) is 0 Å². The molecule has 1 amide bonds. The van der Waals surface area contributed by atoms with Crippen LogP contribution in [0.4, 0.5) is 5.69 Å². The third-order valence-electron chi connectivity index (χ3n) is 3.19. The van der Waals surface area contributed by atoms with Crippen molar-refractivity contribution in [3.63, 3.8) is 0 Å². The molecule has 0 aliphatic carbocycles. The Balaban J connectivity index is 2.23. The van der Waals surface area contributed by atoms with Crippen LogP contribution in [0.5, 0.6) is 0 Å². The zero-order chi connectivity index (χ0) is 17.4. The molecule has 1 aromatic rings. The predicted octanol–water partition coefficient (Wildman–Crippen LogP) is -2.17. The van der Waals surface area contributed by atoms with Crippen molar-refractivity contribution in [3.05, 3.63) is 24.3 Å². The zero-order valence-electron chi connectivity index (χ0n) is 11.9.